The number of amides is 2. The van der Waals surface area contributed by atoms with E-state index in [1.165, 1.54) is 13.3 Å². The van der Waals surface area contributed by atoms with Crippen molar-refractivity contribution in [3.8, 4) is 11.5 Å². The zero-order valence-electron chi connectivity index (χ0n) is 19.0. The molecule has 0 unspecified atom stereocenters. The molecule has 8 nitrogen and oxygen atoms in total. The Morgan fingerprint density at radius 3 is 2.47 bits per heavy atom. The highest BCUT2D eigenvalue weighted by atomic mass is 35.5. The van der Waals surface area contributed by atoms with Gasteiger partial charge in [-0.05, 0) is 41.1 Å². The number of anilines is 1. The number of nitrogens with one attached hydrogen (secondary N) is 2. The standard InChI is InChI=1S/C27H20ClN3O5/c1-35-19-9-6-8-18(15-19)30-25(32)26(33)31-29-16-22-20-10-3-2-7-17(20)13-14-24(22)36-27(34)21-11-4-5-12-23(21)28/h2-16H,1H3,(H,30,32)(H,31,33)/b29-16-. The third-order valence-corrected chi connectivity index (χ3v) is 5.45. The number of methoxy groups -OCH3 is 1. The van der Waals surface area contributed by atoms with Crippen LogP contribution < -0.4 is 20.2 Å². The molecule has 0 fully saturated rings. The average molecular weight is 502 g/mol. The SMILES string of the molecule is COc1cccc(NC(=O)C(=O)N/N=C\c2c(OC(=O)c3ccccc3Cl)ccc3ccccc23)c1. The molecule has 0 aliphatic carbocycles. The molecule has 4 aromatic rings. The van der Waals surface area contributed by atoms with E-state index in [0.717, 1.165) is 10.8 Å². The lowest BCUT2D eigenvalue weighted by molar-refractivity contribution is -0.136. The van der Waals surface area contributed by atoms with Gasteiger partial charge in [-0.2, -0.15) is 5.10 Å². The number of esters is 1. The monoisotopic (exact) mass is 501 g/mol. The number of hydrogen-bond donors (Lipinski definition) is 2. The van der Waals surface area contributed by atoms with Gasteiger partial charge < -0.3 is 14.8 Å². The lowest BCUT2D eigenvalue weighted by Crippen LogP contribution is -2.32. The van der Waals surface area contributed by atoms with Gasteiger partial charge in [-0.1, -0.05) is 60.1 Å². The van der Waals surface area contributed by atoms with Crippen LogP contribution in [0.4, 0.5) is 5.69 Å². The summed E-state index contributed by atoms with van der Waals surface area (Å²) in [5, 5.41) is 8.23. The van der Waals surface area contributed by atoms with Crippen LogP contribution in [-0.4, -0.2) is 31.1 Å². The van der Waals surface area contributed by atoms with Crippen LogP contribution in [-0.2, 0) is 9.59 Å². The Hall–Kier alpha value is -4.69. The number of hydrazone groups is 1. The molecule has 180 valence electrons. The molecule has 36 heavy (non-hydrogen) atoms. The fraction of sp³-hybridized carbons (Fsp3) is 0.0370. The first-order chi connectivity index (χ1) is 17.5. The summed E-state index contributed by atoms with van der Waals surface area (Å²) in [6.07, 6.45) is 1.31. The number of rotatable bonds is 6. The third-order valence-electron chi connectivity index (χ3n) is 5.12. The van der Waals surface area contributed by atoms with Crippen molar-refractivity contribution in [3.05, 3.63) is 101 Å². The molecule has 0 atom stereocenters. The summed E-state index contributed by atoms with van der Waals surface area (Å²) in [6, 6.07) is 23.9. The predicted molar refractivity (Wildman–Crippen MR) is 138 cm³/mol. The molecule has 4 aromatic carbocycles. The largest absolute Gasteiger partial charge is 0.497 e. The fourth-order valence-corrected chi connectivity index (χ4v) is 3.59. The van der Waals surface area contributed by atoms with Gasteiger partial charge in [-0.15, -0.1) is 0 Å². The highest BCUT2D eigenvalue weighted by molar-refractivity contribution is 6.39. The van der Waals surface area contributed by atoms with Gasteiger partial charge in [0.05, 0.1) is 23.9 Å². The molecule has 0 spiro atoms. The van der Waals surface area contributed by atoms with Gasteiger partial charge in [0.1, 0.15) is 11.5 Å². The number of nitrogens with zero attached hydrogens (tertiary/aromatic N) is 1. The lowest BCUT2D eigenvalue weighted by Gasteiger charge is -2.11. The minimum absolute atomic E-state index is 0.206. The summed E-state index contributed by atoms with van der Waals surface area (Å²) >= 11 is 6.12. The van der Waals surface area contributed by atoms with Crippen molar-refractivity contribution in [3.63, 3.8) is 0 Å². The summed E-state index contributed by atoms with van der Waals surface area (Å²) in [5.41, 5.74) is 3.22. The summed E-state index contributed by atoms with van der Waals surface area (Å²) in [5.74, 6) is -1.81. The fourth-order valence-electron chi connectivity index (χ4n) is 3.37. The first kappa shape index (κ1) is 24.4. The molecule has 0 heterocycles. The van der Waals surface area contributed by atoms with Crippen molar-refractivity contribution in [2.45, 2.75) is 0 Å². The van der Waals surface area contributed by atoms with Crippen LogP contribution >= 0.6 is 11.6 Å². The first-order valence-corrected chi connectivity index (χ1v) is 11.1. The van der Waals surface area contributed by atoms with Gasteiger partial charge in [-0.3, -0.25) is 9.59 Å². The third kappa shape index (κ3) is 5.68. The van der Waals surface area contributed by atoms with E-state index in [0.29, 0.717) is 17.0 Å². The van der Waals surface area contributed by atoms with E-state index in [9.17, 15) is 14.4 Å². The number of ether oxygens (including phenoxy) is 2. The van der Waals surface area contributed by atoms with E-state index in [1.807, 2.05) is 24.3 Å². The maximum atomic E-state index is 12.7. The van der Waals surface area contributed by atoms with Gasteiger partial charge in [0.25, 0.3) is 0 Å². The van der Waals surface area contributed by atoms with Crippen LogP contribution in [0.5, 0.6) is 11.5 Å². The van der Waals surface area contributed by atoms with Gasteiger partial charge in [0.15, 0.2) is 0 Å². The molecular weight excluding hydrogens is 482 g/mol. The molecular formula is C27H20ClN3O5. The van der Waals surface area contributed by atoms with Crippen molar-refractivity contribution >= 4 is 52.1 Å². The molecule has 0 aliphatic rings. The molecule has 0 bridgehead atoms. The predicted octanol–water partition coefficient (Wildman–Crippen LogP) is 4.81. The summed E-state index contributed by atoms with van der Waals surface area (Å²) in [4.78, 5) is 37.3. The number of carbonyl (C=O) groups excluding carboxylic acids is 3. The Balaban J connectivity index is 1.54. The maximum Gasteiger partial charge on any atom is 0.345 e. The van der Waals surface area contributed by atoms with Crippen LogP contribution in [0, 0.1) is 0 Å². The second-order valence-electron chi connectivity index (χ2n) is 7.45. The minimum atomic E-state index is -0.982. The number of halogens is 1. The molecule has 4 rings (SSSR count). The van der Waals surface area contributed by atoms with E-state index in [4.69, 9.17) is 21.1 Å². The van der Waals surface area contributed by atoms with Crippen LogP contribution in [0.15, 0.2) is 90.0 Å². The van der Waals surface area contributed by atoms with Crippen LogP contribution in [0.25, 0.3) is 10.8 Å². The smallest absolute Gasteiger partial charge is 0.345 e. The second-order valence-corrected chi connectivity index (χ2v) is 7.86. The molecule has 0 aromatic heterocycles. The van der Waals surface area contributed by atoms with E-state index in [2.05, 4.69) is 15.8 Å². The highest BCUT2D eigenvalue weighted by Gasteiger charge is 2.17. The molecule has 9 heteroatoms. The van der Waals surface area contributed by atoms with Crippen molar-refractivity contribution in [2.75, 3.05) is 12.4 Å². The number of hydrogen-bond acceptors (Lipinski definition) is 6. The van der Waals surface area contributed by atoms with E-state index < -0.39 is 17.8 Å². The molecule has 0 saturated carbocycles. The van der Waals surface area contributed by atoms with Crippen molar-refractivity contribution in [2.24, 2.45) is 5.10 Å². The molecule has 0 aliphatic heterocycles. The Morgan fingerprint density at radius 1 is 0.889 bits per heavy atom. The van der Waals surface area contributed by atoms with Crippen LogP contribution in [0.2, 0.25) is 5.02 Å². The summed E-state index contributed by atoms with van der Waals surface area (Å²) < 4.78 is 10.7. The Morgan fingerprint density at radius 2 is 1.67 bits per heavy atom. The van der Waals surface area contributed by atoms with Crippen molar-refractivity contribution in [1.82, 2.24) is 5.43 Å². The quantitative estimate of drug-likeness (QED) is 0.130. The molecule has 0 saturated heterocycles. The second kappa shape index (κ2) is 11.2. The van der Waals surface area contributed by atoms with Crippen molar-refractivity contribution < 1.29 is 23.9 Å². The van der Waals surface area contributed by atoms with E-state index in [-0.39, 0.29) is 16.3 Å². The first-order valence-electron chi connectivity index (χ1n) is 10.7. The minimum Gasteiger partial charge on any atom is -0.497 e. The molecule has 0 radical (unpaired) electrons. The van der Waals surface area contributed by atoms with Gasteiger partial charge in [0, 0.05) is 17.3 Å². The van der Waals surface area contributed by atoms with Gasteiger partial charge >= 0.3 is 17.8 Å². The van der Waals surface area contributed by atoms with E-state index in [1.54, 1.807) is 60.7 Å². The topological polar surface area (TPSA) is 106 Å². The normalized spacial score (nSPS) is 10.7. The zero-order chi connectivity index (χ0) is 25.5. The average Bonchev–Trinajstić information content (AvgIpc) is 2.89. The number of carbonyl (C=O) groups is 3. The summed E-state index contributed by atoms with van der Waals surface area (Å²) in [7, 11) is 1.50. The number of benzene rings is 4. The molecule has 2 N–H and O–H groups in total. The highest BCUT2D eigenvalue weighted by Crippen LogP contribution is 2.28. The van der Waals surface area contributed by atoms with E-state index >= 15 is 0 Å². The maximum absolute atomic E-state index is 12.7. The zero-order valence-corrected chi connectivity index (χ0v) is 19.8. The van der Waals surface area contributed by atoms with Crippen LogP contribution in [0.3, 0.4) is 0 Å². The lowest BCUT2D eigenvalue weighted by atomic mass is 10.0. The van der Waals surface area contributed by atoms with Crippen LogP contribution in [0.1, 0.15) is 15.9 Å². The van der Waals surface area contributed by atoms with Gasteiger partial charge in [-0.25, -0.2) is 10.2 Å². The summed E-state index contributed by atoms with van der Waals surface area (Å²) in [6.45, 7) is 0. The Labute approximate surface area is 211 Å². The van der Waals surface area contributed by atoms with Gasteiger partial charge in [0.2, 0.25) is 0 Å². The molecule has 2 amide bonds. The Kier molecular flexibility index (Phi) is 7.57. The number of fused-ring (bicyclic) bond motifs is 1. The van der Waals surface area contributed by atoms with Crippen molar-refractivity contribution in [1.29, 1.82) is 0 Å². The Bertz CT molecular complexity index is 1490.